The van der Waals surface area contributed by atoms with Gasteiger partial charge < -0.3 is 15.4 Å². The van der Waals surface area contributed by atoms with Crippen molar-refractivity contribution in [3.05, 3.63) is 88.6 Å². The van der Waals surface area contributed by atoms with Crippen LogP contribution >= 0.6 is 11.6 Å². The fourth-order valence-electron chi connectivity index (χ4n) is 6.77. The van der Waals surface area contributed by atoms with Crippen molar-refractivity contribution >= 4 is 62.2 Å². The third-order valence-electron chi connectivity index (χ3n) is 9.55. The Bertz CT molecular complexity index is 2100. The summed E-state index contributed by atoms with van der Waals surface area (Å²) in [6, 6.07) is 18.4. The van der Waals surface area contributed by atoms with E-state index in [2.05, 4.69) is 55.9 Å². The van der Waals surface area contributed by atoms with Gasteiger partial charge in [0.05, 0.1) is 33.8 Å². The number of rotatable bonds is 12. The molecule has 53 heavy (non-hydrogen) atoms. The Morgan fingerprint density at radius 1 is 0.962 bits per heavy atom. The van der Waals surface area contributed by atoms with E-state index in [1.54, 1.807) is 43.0 Å². The zero-order chi connectivity index (χ0) is 37.9. The summed E-state index contributed by atoms with van der Waals surface area (Å²) in [4.78, 5) is 37.6. The smallest absolute Gasteiger partial charge is 0.328 e. The fraction of sp³-hybridized carbons (Fsp3) is 0.385. The number of hydrogen-bond acceptors (Lipinski definition) is 10. The minimum absolute atomic E-state index is 0.0871. The Morgan fingerprint density at radius 3 is 2.40 bits per heavy atom. The Kier molecular flexibility index (Phi) is 11.6. The van der Waals surface area contributed by atoms with Gasteiger partial charge in [-0.25, -0.2) is 18.2 Å². The minimum atomic E-state index is -3.57. The van der Waals surface area contributed by atoms with Crippen molar-refractivity contribution in [1.82, 2.24) is 20.2 Å². The molecule has 1 aromatic heterocycles. The van der Waals surface area contributed by atoms with Gasteiger partial charge in [0.1, 0.15) is 10.8 Å². The molecule has 2 fully saturated rings. The number of sulfone groups is 1. The molecule has 2 aliphatic heterocycles. The van der Waals surface area contributed by atoms with Gasteiger partial charge in [0.15, 0.2) is 15.7 Å². The van der Waals surface area contributed by atoms with E-state index in [9.17, 15) is 18.0 Å². The number of aryl methyl sites for hydroxylation is 1. The molecule has 0 aliphatic carbocycles. The number of nitrogens with zero attached hydrogens (tertiary/aromatic N) is 4. The van der Waals surface area contributed by atoms with Crippen molar-refractivity contribution in [2.75, 3.05) is 35.2 Å². The standard InChI is InChI=1S/C39H46ClN7O5S/c1-24(2)52-34-21-29(27-14-17-46(18-15-27)23-28-10-6-8-12-33(28)47-19-16-36(48)44-39(47)49)26(5)20-32(34)43-38-41-22-30(40)37(45-38)42-31-11-7-9-13-35(31)53(50,51)25(3)4/h6-13,20-22,24-25,27H,14-19,23H2,1-5H3,(H,44,48,49)(H2,41,42,43,45). The first-order valence-electron chi connectivity index (χ1n) is 17.9. The van der Waals surface area contributed by atoms with Crippen molar-refractivity contribution in [3.63, 3.8) is 0 Å². The monoisotopic (exact) mass is 759 g/mol. The molecule has 0 spiro atoms. The van der Waals surface area contributed by atoms with E-state index >= 15 is 0 Å². The summed E-state index contributed by atoms with van der Waals surface area (Å²) in [6.07, 6.45) is 3.58. The molecule has 3 heterocycles. The van der Waals surface area contributed by atoms with Crippen LogP contribution in [0.2, 0.25) is 5.02 Å². The summed E-state index contributed by atoms with van der Waals surface area (Å²) < 4.78 is 32.4. The molecule has 2 saturated heterocycles. The summed E-state index contributed by atoms with van der Waals surface area (Å²) in [6.45, 7) is 12.2. The number of para-hydroxylation sites is 2. The topological polar surface area (TPSA) is 146 Å². The second-order valence-corrected chi connectivity index (χ2v) is 16.9. The molecule has 14 heteroatoms. The number of nitrogens with one attached hydrogen (secondary N) is 3. The number of halogens is 1. The lowest BCUT2D eigenvalue weighted by Gasteiger charge is -2.35. The first kappa shape index (κ1) is 38.0. The third kappa shape index (κ3) is 8.75. The highest BCUT2D eigenvalue weighted by Crippen LogP contribution is 2.39. The Hall–Kier alpha value is -4.72. The largest absolute Gasteiger partial charge is 0.489 e. The van der Waals surface area contributed by atoms with Crippen molar-refractivity contribution in [2.45, 2.75) is 82.6 Å². The van der Waals surface area contributed by atoms with Crippen LogP contribution in [0.1, 0.15) is 69.6 Å². The number of anilines is 5. The SMILES string of the molecule is Cc1cc(Nc2ncc(Cl)c(Nc3ccccc3S(=O)(=O)C(C)C)n2)c(OC(C)C)cc1C1CCN(Cc2ccccc2N2CCC(=O)NC2=O)CC1. The van der Waals surface area contributed by atoms with Crippen molar-refractivity contribution in [3.8, 4) is 5.75 Å². The second kappa shape index (κ2) is 16.1. The van der Waals surface area contributed by atoms with Gasteiger partial charge in [-0.3, -0.25) is 19.9 Å². The maximum Gasteiger partial charge on any atom is 0.328 e. The van der Waals surface area contributed by atoms with Crippen LogP contribution < -0.4 is 25.6 Å². The highest BCUT2D eigenvalue weighted by atomic mass is 35.5. The number of amides is 3. The number of aromatic nitrogens is 2. The summed E-state index contributed by atoms with van der Waals surface area (Å²) >= 11 is 6.50. The molecule has 0 saturated carbocycles. The zero-order valence-corrected chi connectivity index (χ0v) is 32.2. The number of urea groups is 1. The van der Waals surface area contributed by atoms with Crippen LogP contribution in [-0.2, 0) is 21.2 Å². The Labute approximate surface area is 316 Å². The molecule has 0 unspecified atom stereocenters. The maximum atomic E-state index is 13.1. The molecule has 3 amide bonds. The Balaban J connectivity index is 1.18. The fourth-order valence-corrected chi connectivity index (χ4v) is 8.11. The molecular formula is C39H46ClN7O5S. The van der Waals surface area contributed by atoms with Gasteiger partial charge in [-0.05, 0) is 113 Å². The zero-order valence-electron chi connectivity index (χ0n) is 30.6. The summed E-state index contributed by atoms with van der Waals surface area (Å²) in [7, 11) is -3.57. The molecule has 3 aromatic carbocycles. The lowest BCUT2D eigenvalue weighted by atomic mass is 9.86. The highest BCUT2D eigenvalue weighted by molar-refractivity contribution is 7.92. The average Bonchev–Trinajstić information content (AvgIpc) is 3.11. The van der Waals surface area contributed by atoms with E-state index in [0.717, 1.165) is 42.7 Å². The first-order valence-corrected chi connectivity index (χ1v) is 19.8. The van der Waals surface area contributed by atoms with Gasteiger partial charge in [-0.1, -0.05) is 41.9 Å². The van der Waals surface area contributed by atoms with Crippen molar-refractivity contribution in [2.24, 2.45) is 0 Å². The molecule has 0 bridgehead atoms. The predicted octanol–water partition coefficient (Wildman–Crippen LogP) is 7.72. The predicted molar refractivity (Wildman–Crippen MR) is 209 cm³/mol. The highest BCUT2D eigenvalue weighted by Gasteiger charge is 2.28. The van der Waals surface area contributed by atoms with E-state index < -0.39 is 15.1 Å². The molecule has 12 nitrogen and oxygen atoms in total. The van der Waals surface area contributed by atoms with E-state index in [1.165, 1.54) is 11.8 Å². The Morgan fingerprint density at radius 2 is 1.68 bits per heavy atom. The van der Waals surface area contributed by atoms with Crippen LogP contribution in [0.25, 0.3) is 0 Å². The van der Waals surface area contributed by atoms with Gasteiger partial charge in [-0.15, -0.1) is 0 Å². The molecule has 0 radical (unpaired) electrons. The molecule has 4 aromatic rings. The van der Waals surface area contributed by atoms with Gasteiger partial charge in [0.25, 0.3) is 0 Å². The number of ether oxygens (including phenoxy) is 1. The molecule has 0 atom stereocenters. The summed E-state index contributed by atoms with van der Waals surface area (Å²) in [5.74, 6) is 1.29. The maximum absolute atomic E-state index is 13.1. The van der Waals surface area contributed by atoms with Crippen molar-refractivity contribution in [1.29, 1.82) is 0 Å². The van der Waals surface area contributed by atoms with E-state index in [4.69, 9.17) is 16.3 Å². The quantitative estimate of drug-likeness (QED) is 0.131. The average molecular weight is 760 g/mol. The number of piperidine rings is 1. The van der Waals surface area contributed by atoms with Crippen LogP contribution in [0, 0.1) is 6.92 Å². The van der Waals surface area contributed by atoms with Crippen LogP contribution in [-0.4, -0.2) is 66.2 Å². The van der Waals surface area contributed by atoms with Gasteiger partial charge in [0.2, 0.25) is 11.9 Å². The van der Waals surface area contributed by atoms with Crippen LogP contribution in [0.5, 0.6) is 5.75 Å². The third-order valence-corrected chi connectivity index (χ3v) is 12.0. The van der Waals surface area contributed by atoms with E-state index in [-0.39, 0.29) is 46.1 Å². The first-order chi connectivity index (χ1) is 25.3. The molecule has 6 rings (SSSR count). The van der Waals surface area contributed by atoms with Crippen molar-refractivity contribution < 1.29 is 22.7 Å². The van der Waals surface area contributed by atoms with E-state index in [0.29, 0.717) is 36.1 Å². The molecular weight excluding hydrogens is 714 g/mol. The number of benzene rings is 3. The number of carbonyl (C=O) groups is 2. The minimum Gasteiger partial charge on any atom is -0.489 e. The molecule has 280 valence electrons. The number of imide groups is 1. The van der Waals surface area contributed by atoms with Gasteiger partial charge >= 0.3 is 6.03 Å². The van der Waals surface area contributed by atoms with E-state index in [1.807, 2.05) is 32.0 Å². The van der Waals surface area contributed by atoms with Crippen LogP contribution in [0.4, 0.5) is 33.6 Å². The lowest BCUT2D eigenvalue weighted by Crippen LogP contribution is -2.50. The summed E-state index contributed by atoms with van der Waals surface area (Å²) in [5.41, 5.74) is 5.31. The van der Waals surface area contributed by atoms with Gasteiger partial charge in [-0.2, -0.15) is 4.98 Å². The lowest BCUT2D eigenvalue weighted by molar-refractivity contribution is -0.120. The van der Waals surface area contributed by atoms with Crippen LogP contribution in [0.15, 0.2) is 71.8 Å². The number of carbonyl (C=O) groups excluding carboxylic acids is 2. The number of hydrogen-bond donors (Lipinski definition) is 3. The molecule has 2 aliphatic rings. The normalized spacial score (nSPS) is 15.9. The van der Waals surface area contributed by atoms with Gasteiger partial charge in [0, 0.05) is 25.2 Å². The van der Waals surface area contributed by atoms with Crippen LogP contribution in [0.3, 0.4) is 0 Å². The number of likely N-dealkylation sites (tertiary alicyclic amines) is 1. The summed E-state index contributed by atoms with van der Waals surface area (Å²) in [5, 5.41) is 8.49. The molecule has 3 N–H and O–H groups in total. The second-order valence-electron chi connectivity index (χ2n) is 14.0.